The van der Waals surface area contributed by atoms with Gasteiger partial charge in [-0.2, -0.15) is 0 Å². The minimum absolute atomic E-state index is 0.620. The molecule has 0 spiro atoms. The first kappa shape index (κ1) is 11.4. The van der Waals surface area contributed by atoms with Crippen LogP contribution in [0.2, 0.25) is 0 Å². The topological polar surface area (TPSA) is 28.2 Å². The standard InChI is InChI=1S/C13H21N3/c1-3-14-10-12-5-4-8-16(12)13-9-11(2)6-7-15-13/h6-7,9,12,14H,3-5,8,10H2,1-2H3. The second-order valence-electron chi connectivity index (χ2n) is 4.49. The Morgan fingerprint density at radius 3 is 3.19 bits per heavy atom. The molecule has 0 bridgehead atoms. The molecule has 1 saturated heterocycles. The molecular formula is C13H21N3. The van der Waals surface area contributed by atoms with Gasteiger partial charge in [0.25, 0.3) is 0 Å². The molecule has 88 valence electrons. The van der Waals surface area contributed by atoms with Crippen LogP contribution < -0.4 is 10.2 Å². The SMILES string of the molecule is CCNCC1CCCN1c1cc(C)ccn1. The smallest absolute Gasteiger partial charge is 0.129 e. The average molecular weight is 219 g/mol. The summed E-state index contributed by atoms with van der Waals surface area (Å²) in [6.07, 6.45) is 4.47. The number of nitrogens with zero attached hydrogens (tertiary/aromatic N) is 2. The molecule has 1 atom stereocenters. The van der Waals surface area contributed by atoms with Gasteiger partial charge in [-0.1, -0.05) is 6.92 Å². The predicted molar refractivity (Wildman–Crippen MR) is 67.9 cm³/mol. The number of nitrogens with one attached hydrogen (secondary N) is 1. The first-order valence-electron chi connectivity index (χ1n) is 6.21. The molecule has 0 radical (unpaired) electrons. The molecular weight excluding hydrogens is 198 g/mol. The van der Waals surface area contributed by atoms with Crippen molar-refractivity contribution in [3.8, 4) is 0 Å². The quantitative estimate of drug-likeness (QED) is 0.839. The maximum atomic E-state index is 4.48. The largest absolute Gasteiger partial charge is 0.352 e. The minimum Gasteiger partial charge on any atom is -0.352 e. The van der Waals surface area contributed by atoms with Crippen molar-refractivity contribution in [2.75, 3.05) is 24.5 Å². The van der Waals surface area contributed by atoms with Crippen LogP contribution in [0.3, 0.4) is 0 Å². The van der Waals surface area contributed by atoms with Crippen molar-refractivity contribution in [2.45, 2.75) is 32.7 Å². The lowest BCUT2D eigenvalue weighted by Gasteiger charge is -2.26. The molecule has 3 nitrogen and oxygen atoms in total. The van der Waals surface area contributed by atoms with Gasteiger partial charge in [0.15, 0.2) is 0 Å². The molecule has 1 aliphatic heterocycles. The van der Waals surface area contributed by atoms with Crippen LogP contribution in [0.4, 0.5) is 5.82 Å². The van der Waals surface area contributed by atoms with E-state index in [2.05, 4.69) is 41.2 Å². The number of anilines is 1. The lowest BCUT2D eigenvalue weighted by atomic mass is 10.2. The Balaban J connectivity index is 2.07. The Morgan fingerprint density at radius 2 is 2.44 bits per heavy atom. The summed E-state index contributed by atoms with van der Waals surface area (Å²) in [5.41, 5.74) is 1.29. The van der Waals surface area contributed by atoms with Gasteiger partial charge >= 0.3 is 0 Å². The highest BCUT2D eigenvalue weighted by atomic mass is 15.2. The van der Waals surface area contributed by atoms with Gasteiger partial charge in [0.2, 0.25) is 0 Å². The minimum atomic E-state index is 0.620. The van der Waals surface area contributed by atoms with Gasteiger partial charge in [-0.25, -0.2) is 4.98 Å². The molecule has 3 heteroatoms. The number of pyridine rings is 1. The summed E-state index contributed by atoms with van der Waals surface area (Å²) in [5.74, 6) is 1.14. The van der Waals surface area contributed by atoms with E-state index < -0.39 is 0 Å². The number of rotatable bonds is 4. The highest BCUT2D eigenvalue weighted by molar-refractivity contribution is 5.43. The van der Waals surface area contributed by atoms with Crippen LogP contribution in [0.25, 0.3) is 0 Å². The van der Waals surface area contributed by atoms with E-state index >= 15 is 0 Å². The van der Waals surface area contributed by atoms with Gasteiger partial charge in [0.05, 0.1) is 0 Å². The zero-order valence-electron chi connectivity index (χ0n) is 10.2. The Kier molecular flexibility index (Phi) is 3.78. The fourth-order valence-electron chi connectivity index (χ4n) is 2.34. The van der Waals surface area contributed by atoms with E-state index in [1.54, 1.807) is 0 Å². The summed E-state index contributed by atoms with van der Waals surface area (Å²) in [6.45, 7) is 7.55. The van der Waals surface area contributed by atoms with Gasteiger partial charge in [-0.05, 0) is 44.0 Å². The lowest BCUT2D eigenvalue weighted by Crippen LogP contribution is -2.38. The molecule has 1 aromatic rings. The zero-order chi connectivity index (χ0) is 11.4. The average Bonchev–Trinajstić information content (AvgIpc) is 2.74. The van der Waals surface area contributed by atoms with Crippen molar-refractivity contribution in [3.63, 3.8) is 0 Å². The van der Waals surface area contributed by atoms with E-state index in [0.29, 0.717) is 6.04 Å². The maximum absolute atomic E-state index is 4.48. The van der Waals surface area contributed by atoms with Crippen LogP contribution in [-0.4, -0.2) is 30.7 Å². The Bertz CT molecular complexity index is 338. The summed E-state index contributed by atoms with van der Waals surface area (Å²) in [7, 11) is 0. The molecule has 0 amide bonds. The van der Waals surface area contributed by atoms with Crippen LogP contribution in [0.15, 0.2) is 18.3 Å². The summed E-state index contributed by atoms with van der Waals surface area (Å²) in [5, 5.41) is 3.44. The maximum Gasteiger partial charge on any atom is 0.129 e. The molecule has 0 saturated carbocycles. The molecule has 2 heterocycles. The third-order valence-electron chi connectivity index (χ3n) is 3.20. The molecule has 2 rings (SSSR count). The van der Waals surface area contributed by atoms with Gasteiger partial charge < -0.3 is 10.2 Å². The van der Waals surface area contributed by atoms with E-state index in [1.807, 2.05) is 6.20 Å². The van der Waals surface area contributed by atoms with Gasteiger partial charge in [0, 0.05) is 25.3 Å². The third kappa shape index (κ3) is 2.53. The Hall–Kier alpha value is -1.09. The van der Waals surface area contributed by atoms with Crippen LogP contribution in [0.1, 0.15) is 25.3 Å². The van der Waals surface area contributed by atoms with Gasteiger partial charge in [-0.3, -0.25) is 0 Å². The summed E-state index contributed by atoms with van der Waals surface area (Å²) in [6, 6.07) is 4.86. The fourth-order valence-corrected chi connectivity index (χ4v) is 2.34. The van der Waals surface area contributed by atoms with Crippen LogP contribution in [-0.2, 0) is 0 Å². The summed E-state index contributed by atoms with van der Waals surface area (Å²) >= 11 is 0. The van der Waals surface area contributed by atoms with E-state index in [1.165, 1.54) is 18.4 Å². The molecule has 1 aliphatic rings. The highest BCUT2D eigenvalue weighted by Crippen LogP contribution is 2.23. The number of hydrogen-bond acceptors (Lipinski definition) is 3. The first-order valence-corrected chi connectivity index (χ1v) is 6.21. The lowest BCUT2D eigenvalue weighted by molar-refractivity contribution is 0.584. The van der Waals surface area contributed by atoms with E-state index in [9.17, 15) is 0 Å². The van der Waals surface area contributed by atoms with E-state index in [0.717, 1.165) is 25.5 Å². The normalized spacial score (nSPS) is 20.4. The Labute approximate surface area is 97.9 Å². The monoisotopic (exact) mass is 219 g/mol. The summed E-state index contributed by atoms with van der Waals surface area (Å²) in [4.78, 5) is 6.92. The number of aryl methyl sites for hydroxylation is 1. The Morgan fingerprint density at radius 1 is 1.56 bits per heavy atom. The van der Waals surface area contributed by atoms with Crippen molar-refractivity contribution >= 4 is 5.82 Å². The molecule has 1 aromatic heterocycles. The molecule has 1 N–H and O–H groups in total. The fraction of sp³-hybridized carbons (Fsp3) is 0.615. The molecule has 0 aromatic carbocycles. The van der Waals surface area contributed by atoms with Gasteiger partial charge in [-0.15, -0.1) is 0 Å². The third-order valence-corrected chi connectivity index (χ3v) is 3.20. The van der Waals surface area contributed by atoms with Crippen molar-refractivity contribution in [2.24, 2.45) is 0 Å². The first-order chi connectivity index (χ1) is 7.81. The zero-order valence-corrected chi connectivity index (χ0v) is 10.2. The van der Waals surface area contributed by atoms with Crippen molar-refractivity contribution in [1.29, 1.82) is 0 Å². The molecule has 1 fully saturated rings. The summed E-state index contributed by atoms with van der Waals surface area (Å²) < 4.78 is 0. The van der Waals surface area contributed by atoms with Crippen LogP contribution in [0.5, 0.6) is 0 Å². The molecule has 1 unspecified atom stereocenters. The van der Waals surface area contributed by atoms with Crippen LogP contribution >= 0.6 is 0 Å². The van der Waals surface area contributed by atoms with Crippen LogP contribution in [0, 0.1) is 6.92 Å². The van der Waals surface area contributed by atoms with Crippen molar-refractivity contribution < 1.29 is 0 Å². The van der Waals surface area contributed by atoms with Crippen molar-refractivity contribution in [3.05, 3.63) is 23.9 Å². The van der Waals surface area contributed by atoms with E-state index in [4.69, 9.17) is 0 Å². The van der Waals surface area contributed by atoms with Gasteiger partial charge in [0.1, 0.15) is 5.82 Å². The number of likely N-dealkylation sites (N-methyl/N-ethyl adjacent to an activating group) is 1. The number of hydrogen-bond donors (Lipinski definition) is 1. The predicted octanol–water partition coefficient (Wildman–Crippen LogP) is 1.97. The second-order valence-corrected chi connectivity index (χ2v) is 4.49. The van der Waals surface area contributed by atoms with Crippen molar-refractivity contribution in [1.82, 2.24) is 10.3 Å². The number of aromatic nitrogens is 1. The van der Waals surface area contributed by atoms with E-state index in [-0.39, 0.29) is 0 Å². The highest BCUT2D eigenvalue weighted by Gasteiger charge is 2.24. The molecule has 16 heavy (non-hydrogen) atoms. The second kappa shape index (κ2) is 5.30. The molecule has 0 aliphatic carbocycles.